The maximum Gasteiger partial charge on any atom is 1.00 e. The molecule has 0 fully saturated rings. The first-order valence-electron chi connectivity index (χ1n) is 4.08. The molecule has 0 saturated carbocycles. The Bertz CT molecular complexity index is 421. The largest absolute Gasteiger partial charge is 1.00 e. The molecular formula is C9H4CsF5O3. The molecule has 0 aromatic heterocycles. The van der Waals surface area contributed by atoms with E-state index in [9.17, 15) is 31.9 Å². The fourth-order valence-corrected chi connectivity index (χ4v) is 0.834. The predicted molar refractivity (Wildman–Crippen MR) is 41.9 cm³/mol. The number of alkyl halides is 4. The SMILES string of the molecule is O=C([O-])C(F)(F)C(F)(F)Oc1ccc(F)cc1.[Cs+]. The summed E-state index contributed by atoms with van der Waals surface area (Å²) in [6.45, 7) is 0. The molecule has 0 radical (unpaired) electrons. The summed E-state index contributed by atoms with van der Waals surface area (Å²) < 4.78 is 66.4. The maximum atomic E-state index is 12.8. The third-order valence-electron chi connectivity index (χ3n) is 1.68. The van der Waals surface area contributed by atoms with Crippen molar-refractivity contribution in [2.24, 2.45) is 0 Å². The van der Waals surface area contributed by atoms with Crippen LogP contribution in [0.15, 0.2) is 24.3 Å². The minimum absolute atomic E-state index is 0. The number of aliphatic carboxylic acids is 1. The fourth-order valence-electron chi connectivity index (χ4n) is 0.834. The molecular weight excluding hydrogens is 384 g/mol. The van der Waals surface area contributed by atoms with Gasteiger partial charge in [-0.05, 0) is 24.3 Å². The Morgan fingerprint density at radius 2 is 1.56 bits per heavy atom. The Hall–Kier alpha value is 0.192. The van der Waals surface area contributed by atoms with E-state index >= 15 is 0 Å². The van der Waals surface area contributed by atoms with Crippen molar-refractivity contribution in [3.63, 3.8) is 0 Å². The minimum Gasteiger partial charge on any atom is -0.544 e. The van der Waals surface area contributed by atoms with E-state index in [4.69, 9.17) is 0 Å². The van der Waals surface area contributed by atoms with Gasteiger partial charge in [-0.25, -0.2) is 4.39 Å². The Labute approximate surface area is 157 Å². The van der Waals surface area contributed by atoms with Crippen molar-refractivity contribution in [2.45, 2.75) is 12.0 Å². The van der Waals surface area contributed by atoms with Crippen LogP contribution in [0.1, 0.15) is 0 Å². The number of hydrogen-bond donors (Lipinski definition) is 0. The topological polar surface area (TPSA) is 49.4 Å². The number of carboxylic acids is 1. The van der Waals surface area contributed by atoms with Crippen LogP contribution >= 0.6 is 0 Å². The summed E-state index contributed by atoms with van der Waals surface area (Å²) in [6, 6.07) is 2.66. The molecule has 94 valence electrons. The third kappa shape index (κ3) is 4.10. The second-order valence-electron chi connectivity index (χ2n) is 2.93. The van der Waals surface area contributed by atoms with Gasteiger partial charge in [-0.15, -0.1) is 0 Å². The van der Waals surface area contributed by atoms with Gasteiger partial charge in [0.15, 0.2) is 0 Å². The second-order valence-corrected chi connectivity index (χ2v) is 2.93. The zero-order valence-electron chi connectivity index (χ0n) is 8.92. The van der Waals surface area contributed by atoms with Gasteiger partial charge in [0.25, 0.3) is 0 Å². The van der Waals surface area contributed by atoms with Crippen LogP contribution in [0, 0.1) is 5.82 Å². The van der Waals surface area contributed by atoms with Gasteiger partial charge >= 0.3 is 80.9 Å². The molecule has 0 amide bonds. The summed E-state index contributed by atoms with van der Waals surface area (Å²) in [5, 5.41) is 9.83. The van der Waals surface area contributed by atoms with E-state index in [-0.39, 0.29) is 68.9 Å². The number of hydrogen-bond acceptors (Lipinski definition) is 3. The summed E-state index contributed by atoms with van der Waals surface area (Å²) in [5.74, 6) is -10.4. The Balaban J connectivity index is 0.00000289. The first-order valence-corrected chi connectivity index (χ1v) is 4.08. The Kier molecular flexibility index (Phi) is 6.64. The van der Waals surface area contributed by atoms with Gasteiger partial charge in [0.05, 0.1) is 0 Å². The zero-order chi connectivity index (χ0) is 13.3. The van der Waals surface area contributed by atoms with Crippen molar-refractivity contribution < 1.29 is 105 Å². The average molecular weight is 388 g/mol. The number of benzene rings is 1. The van der Waals surface area contributed by atoms with E-state index in [1.807, 2.05) is 0 Å². The van der Waals surface area contributed by atoms with Crippen LogP contribution < -0.4 is 78.7 Å². The summed E-state index contributed by atoms with van der Waals surface area (Å²) in [4.78, 5) is 9.83. The molecule has 1 rings (SSSR count). The van der Waals surface area contributed by atoms with Crippen molar-refractivity contribution >= 4 is 5.97 Å². The maximum absolute atomic E-state index is 12.8. The molecule has 0 aliphatic rings. The number of carbonyl (C=O) groups is 1. The van der Waals surface area contributed by atoms with E-state index in [0.717, 1.165) is 0 Å². The van der Waals surface area contributed by atoms with Crippen LogP contribution in [0.3, 0.4) is 0 Å². The van der Waals surface area contributed by atoms with E-state index in [2.05, 4.69) is 4.74 Å². The van der Waals surface area contributed by atoms with Crippen molar-refractivity contribution in [2.75, 3.05) is 0 Å². The van der Waals surface area contributed by atoms with E-state index in [1.54, 1.807) is 0 Å². The predicted octanol–water partition coefficient (Wildman–Crippen LogP) is -1.81. The average Bonchev–Trinajstić information content (AvgIpc) is 2.20. The smallest absolute Gasteiger partial charge is 0.544 e. The molecule has 3 nitrogen and oxygen atoms in total. The van der Waals surface area contributed by atoms with Gasteiger partial charge in [-0.3, -0.25) is 0 Å². The first-order chi connectivity index (χ1) is 7.67. The van der Waals surface area contributed by atoms with Crippen LogP contribution in [0.2, 0.25) is 0 Å². The molecule has 0 saturated heterocycles. The van der Waals surface area contributed by atoms with E-state index in [0.29, 0.717) is 24.3 Å². The number of halogens is 5. The van der Waals surface area contributed by atoms with Crippen molar-refractivity contribution in [1.29, 1.82) is 0 Å². The van der Waals surface area contributed by atoms with E-state index in [1.165, 1.54) is 0 Å². The molecule has 0 heterocycles. The summed E-state index contributed by atoms with van der Waals surface area (Å²) in [7, 11) is 0. The van der Waals surface area contributed by atoms with Crippen LogP contribution in [0.5, 0.6) is 5.75 Å². The van der Waals surface area contributed by atoms with Crippen LogP contribution in [0.25, 0.3) is 0 Å². The summed E-state index contributed by atoms with van der Waals surface area (Å²) in [6.07, 6.45) is -5.30. The molecule has 18 heavy (non-hydrogen) atoms. The molecule has 0 atom stereocenters. The van der Waals surface area contributed by atoms with Crippen LogP contribution in [-0.2, 0) is 4.79 Å². The van der Waals surface area contributed by atoms with Gasteiger partial charge in [-0.1, -0.05) is 0 Å². The van der Waals surface area contributed by atoms with Gasteiger partial charge in [0, 0.05) is 0 Å². The molecule has 0 unspecified atom stereocenters. The van der Waals surface area contributed by atoms with Gasteiger partial charge < -0.3 is 14.6 Å². The van der Waals surface area contributed by atoms with Gasteiger partial charge in [0.2, 0.25) is 0 Å². The molecule has 9 heteroatoms. The standard InChI is InChI=1S/C9H5F5O3.Cs/c10-5-1-3-6(4-2-5)17-9(13,14)8(11,12)7(15)16;/h1-4H,(H,15,16);/q;+1/p-1. The quantitative estimate of drug-likeness (QED) is 0.572. The van der Waals surface area contributed by atoms with E-state index < -0.39 is 29.6 Å². The van der Waals surface area contributed by atoms with Crippen LogP contribution in [-0.4, -0.2) is 18.0 Å². The normalized spacial score (nSPS) is 11.6. The second kappa shape index (κ2) is 6.57. The van der Waals surface area contributed by atoms with Crippen molar-refractivity contribution in [3.05, 3.63) is 30.1 Å². The van der Waals surface area contributed by atoms with Crippen LogP contribution in [0.4, 0.5) is 22.0 Å². The molecule has 0 bridgehead atoms. The van der Waals surface area contributed by atoms with Crippen molar-refractivity contribution in [1.82, 2.24) is 0 Å². The molecule has 0 aliphatic heterocycles. The molecule has 1 aromatic rings. The molecule has 0 aliphatic carbocycles. The number of rotatable bonds is 4. The minimum atomic E-state index is -5.50. The third-order valence-corrected chi connectivity index (χ3v) is 1.68. The zero-order valence-corrected chi connectivity index (χ0v) is 15.2. The van der Waals surface area contributed by atoms with Gasteiger partial charge in [-0.2, -0.15) is 17.6 Å². The molecule has 0 spiro atoms. The Morgan fingerprint density at radius 1 is 1.11 bits per heavy atom. The Morgan fingerprint density at radius 3 is 1.94 bits per heavy atom. The number of carbonyl (C=O) groups excluding carboxylic acids is 1. The monoisotopic (exact) mass is 388 g/mol. The molecule has 1 aromatic carbocycles. The fraction of sp³-hybridized carbons (Fsp3) is 0.222. The first kappa shape index (κ1) is 18.2. The number of ether oxygens (including phenoxy) is 1. The van der Waals surface area contributed by atoms with Gasteiger partial charge in [0.1, 0.15) is 17.5 Å². The summed E-state index contributed by atoms with van der Waals surface area (Å²) >= 11 is 0. The molecule has 0 N–H and O–H groups in total. The number of carboxylic acid groups (broad SMARTS) is 1. The van der Waals surface area contributed by atoms with Crippen molar-refractivity contribution in [3.8, 4) is 5.75 Å². The summed E-state index contributed by atoms with van der Waals surface area (Å²) in [5.41, 5.74) is 0.